The molecule has 2 aliphatic rings. The molecule has 0 spiro atoms. The molecule has 1 unspecified atom stereocenters. The van der Waals surface area contributed by atoms with Gasteiger partial charge >= 0.3 is 0 Å². The van der Waals surface area contributed by atoms with Gasteiger partial charge in [-0.1, -0.05) is 13.8 Å². The summed E-state index contributed by atoms with van der Waals surface area (Å²) in [6, 6.07) is 2.23. The van der Waals surface area contributed by atoms with Crippen molar-refractivity contribution in [2.75, 3.05) is 31.5 Å². The topological polar surface area (TPSA) is 52.7 Å². The second kappa shape index (κ2) is 7.87. The maximum Gasteiger partial charge on any atom is 0.266 e. The van der Waals surface area contributed by atoms with Crippen LogP contribution in [0.3, 0.4) is 0 Å². The van der Waals surface area contributed by atoms with Crippen LogP contribution in [-0.4, -0.2) is 53.8 Å². The second-order valence-electron chi connectivity index (χ2n) is 7.70. The molecule has 3 rings (SSSR count). The van der Waals surface area contributed by atoms with E-state index in [1.54, 1.807) is 0 Å². The highest BCUT2D eigenvalue weighted by atomic mass is 32.1. The first-order valence-corrected chi connectivity index (χ1v) is 10.2. The van der Waals surface area contributed by atoms with Crippen molar-refractivity contribution in [2.45, 2.75) is 46.1 Å². The lowest BCUT2D eigenvalue weighted by Gasteiger charge is -2.34. The Morgan fingerprint density at radius 2 is 2.08 bits per heavy atom. The summed E-state index contributed by atoms with van der Waals surface area (Å²) in [6.07, 6.45) is 3.74. The van der Waals surface area contributed by atoms with Gasteiger partial charge in [0.1, 0.15) is 4.88 Å². The first kappa shape index (κ1) is 18.4. The number of hydrogen-bond acceptors (Lipinski definition) is 4. The normalized spacial score (nSPS) is 22.1. The Hall–Kier alpha value is -1.40. The predicted molar refractivity (Wildman–Crippen MR) is 102 cm³/mol. The SMILES string of the molecule is CC(=O)Nc1ccsc1C(=O)N1CCCN(CC2CC2)C(C(C)C)C1. The van der Waals surface area contributed by atoms with Crippen molar-refractivity contribution < 1.29 is 9.59 Å². The highest BCUT2D eigenvalue weighted by Gasteiger charge is 2.34. The van der Waals surface area contributed by atoms with Crippen LogP contribution in [0, 0.1) is 11.8 Å². The molecule has 1 aliphatic heterocycles. The Bertz CT molecular complexity index is 624. The zero-order valence-corrected chi connectivity index (χ0v) is 16.3. The fraction of sp³-hybridized carbons (Fsp3) is 0.684. The largest absolute Gasteiger partial charge is 0.336 e. The van der Waals surface area contributed by atoms with Crippen molar-refractivity contribution >= 4 is 28.8 Å². The first-order chi connectivity index (χ1) is 12.0. The molecule has 2 heterocycles. The van der Waals surface area contributed by atoms with E-state index in [1.807, 2.05) is 16.3 Å². The Morgan fingerprint density at radius 1 is 1.32 bits per heavy atom. The number of hydrogen-bond donors (Lipinski definition) is 1. The third-order valence-electron chi connectivity index (χ3n) is 5.17. The van der Waals surface area contributed by atoms with E-state index in [2.05, 4.69) is 24.1 Å². The molecule has 0 radical (unpaired) electrons. The van der Waals surface area contributed by atoms with Crippen LogP contribution >= 0.6 is 11.3 Å². The van der Waals surface area contributed by atoms with E-state index in [-0.39, 0.29) is 11.8 Å². The van der Waals surface area contributed by atoms with Gasteiger partial charge in [0.2, 0.25) is 5.91 Å². The van der Waals surface area contributed by atoms with E-state index in [4.69, 9.17) is 0 Å². The van der Waals surface area contributed by atoms with Gasteiger partial charge in [-0.15, -0.1) is 11.3 Å². The van der Waals surface area contributed by atoms with Crippen LogP contribution in [0.15, 0.2) is 11.4 Å². The van der Waals surface area contributed by atoms with Crippen LogP contribution in [0.4, 0.5) is 5.69 Å². The van der Waals surface area contributed by atoms with Gasteiger partial charge in [-0.25, -0.2) is 0 Å². The van der Waals surface area contributed by atoms with Crippen molar-refractivity contribution in [1.82, 2.24) is 9.80 Å². The van der Waals surface area contributed by atoms with Gasteiger partial charge in [-0.3, -0.25) is 14.5 Å². The molecule has 138 valence electrons. The van der Waals surface area contributed by atoms with E-state index < -0.39 is 0 Å². The summed E-state index contributed by atoms with van der Waals surface area (Å²) in [5.41, 5.74) is 0.641. The Balaban J connectivity index is 1.74. The van der Waals surface area contributed by atoms with E-state index >= 15 is 0 Å². The number of nitrogens with zero attached hydrogens (tertiary/aromatic N) is 2. The fourth-order valence-corrected chi connectivity index (χ4v) is 4.46. The van der Waals surface area contributed by atoms with Gasteiger partial charge in [0.15, 0.2) is 0 Å². The van der Waals surface area contributed by atoms with E-state index in [0.29, 0.717) is 22.5 Å². The highest BCUT2D eigenvalue weighted by molar-refractivity contribution is 7.12. The molecular formula is C19H29N3O2S. The molecule has 2 fully saturated rings. The van der Waals surface area contributed by atoms with Crippen LogP contribution in [0.25, 0.3) is 0 Å². The fourth-order valence-electron chi connectivity index (χ4n) is 3.65. The zero-order chi connectivity index (χ0) is 18.0. The quantitative estimate of drug-likeness (QED) is 0.873. The standard InChI is InChI=1S/C19H29N3O2S/c1-13(2)17-12-22(9-4-8-21(17)11-15-5-6-15)19(24)18-16(7-10-25-18)20-14(3)23/h7,10,13,15,17H,4-6,8-9,11-12H2,1-3H3,(H,20,23). The molecule has 6 heteroatoms. The van der Waals surface area contributed by atoms with Crippen molar-refractivity contribution in [1.29, 1.82) is 0 Å². The minimum atomic E-state index is -0.140. The van der Waals surface area contributed by atoms with E-state index in [1.165, 1.54) is 37.6 Å². The van der Waals surface area contributed by atoms with E-state index in [9.17, 15) is 9.59 Å². The van der Waals surface area contributed by atoms with E-state index in [0.717, 1.165) is 32.0 Å². The summed E-state index contributed by atoms with van der Waals surface area (Å²) in [5, 5.41) is 4.65. The van der Waals surface area contributed by atoms with Crippen LogP contribution in [0.1, 0.15) is 49.7 Å². The molecule has 1 saturated heterocycles. The third kappa shape index (κ3) is 4.61. The summed E-state index contributed by atoms with van der Waals surface area (Å²) < 4.78 is 0. The van der Waals surface area contributed by atoms with Crippen molar-refractivity contribution in [2.24, 2.45) is 11.8 Å². The molecule has 5 nitrogen and oxygen atoms in total. The molecule has 1 N–H and O–H groups in total. The molecule has 1 aliphatic carbocycles. The maximum absolute atomic E-state index is 13.1. The van der Waals surface area contributed by atoms with Gasteiger partial charge in [-0.2, -0.15) is 0 Å². The number of carbonyl (C=O) groups is 2. The molecule has 2 amide bonds. The predicted octanol–water partition coefficient (Wildman–Crippen LogP) is 3.29. The number of rotatable bonds is 5. The van der Waals surface area contributed by atoms with Crippen molar-refractivity contribution in [3.8, 4) is 0 Å². The van der Waals surface area contributed by atoms with Crippen LogP contribution in [-0.2, 0) is 4.79 Å². The number of carbonyl (C=O) groups excluding carboxylic acids is 2. The Kier molecular flexibility index (Phi) is 5.79. The lowest BCUT2D eigenvalue weighted by molar-refractivity contribution is -0.114. The molecule has 0 aromatic carbocycles. The second-order valence-corrected chi connectivity index (χ2v) is 8.62. The minimum Gasteiger partial charge on any atom is -0.336 e. The lowest BCUT2D eigenvalue weighted by Crippen LogP contribution is -2.46. The van der Waals surface area contributed by atoms with Crippen LogP contribution in [0.5, 0.6) is 0 Å². The molecule has 0 bridgehead atoms. The maximum atomic E-state index is 13.1. The van der Waals surface area contributed by atoms with Crippen LogP contribution < -0.4 is 5.32 Å². The Morgan fingerprint density at radius 3 is 2.72 bits per heavy atom. The third-order valence-corrected chi connectivity index (χ3v) is 6.07. The minimum absolute atomic E-state index is 0.0534. The summed E-state index contributed by atoms with van der Waals surface area (Å²) in [6.45, 7) is 9.82. The average molecular weight is 364 g/mol. The molecule has 1 aromatic heterocycles. The number of amides is 2. The molecular weight excluding hydrogens is 334 g/mol. The van der Waals surface area contributed by atoms with Crippen molar-refractivity contribution in [3.05, 3.63) is 16.3 Å². The lowest BCUT2D eigenvalue weighted by atomic mass is 10.0. The number of anilines is 1. The molecule has 1 aromatic rings. The summed E-state index contributed by atoms with van der Waals surface area (Å²) in [5.74, 6) is 1.30. The molecule has 1 saturated carbocycles. The van der Waals surface area contributed by atoms with Gasteiger partial charge in [0, 0.05) is 39.1 Å². The van der Waals surface area contributed by atoms with Gasteiger partial charge in [0.05, 0.1) is 5.69 Å². The zero-order valence-electron chi connectivity index (χ0n) is 15.5. The van der Waals surface area contributed by atoms with Gasteiger partial charge in [0.25, 0.3) is 5.91 Å². The Labute approximate surface area is 154 Å². The number of nitrogens with one attached hydrogen (secondary N) is 1. The van der Waals surface area contributed by atoms with Gasteiger partial charge < -0.3 is 10.2 Å². The monoisotopic (exact) mass is 363 g/mol. The molecule has 1 atom stereocenters. The van der Waals surface area contributed by atoms with Crippen molar-refractivity contribution in [3.63, 3.8) is 0 Å². The smallest absolute Gasteiger partial charge is 0.266 e. The summed E-state index contributed by atoms with van der Waals surface area (Å²) >= 11 is 1.41. The molecule has 25 heavy (non-hydrogen) atoms. The highest BCUT2D eigenvalue weighted by Crippen LogP contribution is 2.32. The van der Waals surface area contributed by atoms with Crippen LogP contribution in [0.2, 0.25) is 0 Å². The number of thiophene rings is 1. The summed E-state index contributed by atoms with van der Waals surface area (Å²) in [4.78, 5) is 29.7. The first-order valence-electron chi connectivity index (χ1n) is 9.34. The van der Waals surface area contributed by atoms with Gasteiger partial charge in [-0.05, 0) is 42.5 Å². The summed E-state index contributed by atoms with van der Waals surface area (Å²) in [7, 11) is 0. The average Bonchev–Trinajstić information content (AvgIpc) is 3.29.